The average molecular weight is 271 g/mol. The van der Waals surface area contributed by atoms with Crippen LogP contribution in [0.2, 0.25) is 0 Å². The number of nitrogens with zero attached hydrogens (tertiary/aromatic N) is 2. The van der Waals surface area contributed by atoms with Gasteiger partial charge in [0.25, 0.3) is 0 Å². The molecule has 0 aromatic heterocycles. The fraction of sp³-hybridized carbons (Fsp3) is 0.588. The van der Waals surface area contributed by atoms with Crippen LogP contribution in [0.4, 0.5) is 11.4 Å². The van der Waals surface area contributed by atoms with Crippen LogP contribution < -0.4 is 10.6 Å². The van der Waals surface area contributed by atoms with Crippen LogP contribution in [-0.2, 0) is 0 Å². The molecule has 0 bridgehead atoms. The molecule has 1 atom stereocenters. The number of nitriles is 1. The molecule has 0 aliphatic carbocycles. The molecule has 0 radical (unpaired) electrons. The summed E-state index contributed by atoms with van der Waals surface area (Å²) in [7, 11) is 0. The molecule has 1 aliphatic heterocycles. The Morgan fingerprint density at radius 3 is 2.60 bits per heavy atom. The van der Waals surface area contributed by atoms with Crippen LogP contribution in [0.15, 0.2) is 18.2 Å². The maximum absolute atomic E-state index is 8.95. The maximum Gasteiger partial charge on any atom is 0.101 e. The Morgan fingerprint density at radius 1 is 1.25 bits per heavy atom. The number of nitrogens with two attached hydrogens (primary N) is 1. The van der Waals surface area contributed by atoms with E-state index in [9.17, 15) is 0 Å². The zero-order valence-electron chi connectivity index (χ0n) is 12.8. The van der Waals surface area contributed by atoms with Gasteiger partial charge in [0.1, 0.15) is 6.07 Å². The lowest BCUT2D eigenvalue weighted by Gasteiger charge is -2.30. The van der Waals surface area contributed by atoms with Crippen molar-refractivity contribution < 1.29 is 0 Å². The molecule has 1 aromatic rings. The third-order valence-corrected chi connectivity index (χ3v) is 4.47. The molecule has 20 heavy (non-hydrogen) atoms. The van der Waals surface area contributed by atoms with Crippen molar-refractivity contribution in [2.45, 2.75) is 40.0 Å². The first kappa shape index (κ1) is 14.7. The van der Waals surface area contributed by atoms with E-state index in [-0.39, 0.29) is 0 Å². The molecule has 0 amide bonds. The molecule has 2 N–H and O–H groups in total. The largest absolute Gasteiger partial charge is 0.398 e. The third-order valence-electron chi connectivity index (χ3n) is 4.47. The minimum Gasteiger partial charge on any atom is -0.398 e. The zero-order chi connectivity index (χ0) is 14.8. The van der Waals surface area contributed by atoms with Gasteiger partial charge in [-0.1, -0.05) is 20.8 Å². The topological polar surface area (TPSA) is 53.0 Å². The summed E-state index contributed by atoms with van der Waals surface area (Å²) in [5.41, 5.74) is 8.61. The molecular weight excluding hydrogens is 246 g/mol. The molecule has 1 fully saturated rings. The Balaban J connectivity index is 2.11. The van der Waals surface area contributed by atoms with E-state index in [1.165, 1.54) is 19.3 Å². The molecule has 108 valence electrons. The molecule has 3 nitrogen and oxygen atoms in total. The summed E-state index contributed by atoms with van der Waals surface area (Å²) in [6.45, 7) is 9.18. The van der Waals surface area contributed by atoms with E-state index in [4.69, 9.17) is 11.0 Å². The summed E-state index contributed by atoms with van der Waals surface area (Å²) in [6.07, 6.45) is 3.75. The van der Waals surface area contributed by atoms with Crippen molar-refractivity contribution in [1.29, 1.82) is 5.26 Å². The summed E-state index contributed by atoms with van der Waals surface area (Å²) in [5, 5.41) is 8.95. The molecule has 1 heterocycles. The molecule has 0 spiro atoms. The highest BCUT2D eigenvalue weighted by Gasteiger charge is 2.27. The van der Waals surface area contributed by atoms with Crippen LogP contribution in [0.3, 0.4) is 0 Å². The minimum absolute atomic E-state index is 0.389. The van der Waals surface area contributed by atoms with Crippen molar-refractivity contribution in [2.75, 3.05) is 23.7 Å². The van der Waals surface area contributed by atoms with Gasteiger partial charge in [0.05, 0.1) is 11.3 Å². The number of hydrogen-bond acceptors (Lipinski definition) is 3. The first-order valence-corrected chi connectivity index (χ1v) is 7.46. The third kappa shape index (κ3) is 3.25. The summed E-state index contributed by atoms with van der Waals surface area (Å²) in [5.74, 6) is 0.781. The molecule has 1 aliphatic rings. The monoisotopic (exact) mass is 271 g/mol. The van der Waals surface area contributed by atoms with E-state index in [1.807, 2.05) is 18.2 Å². The van der Waals surface area contributed by atoms with Crippen molar-refractivity contribution in [3.8, 4) is 6.07 Å². The summed E-state index contributed by atoms with van der Waals surface area (Å²) in [6, 6.07) is 7.91. The fourth-order valence-electron chi connectivity index (χ4n) is 3.07. The summed E-state index contributed by atoms with van der Waals surface area (Å²) < 4.78 is 0. The Kier molecular flexibility index (Phi) is 4.23. The summed E-state index contributed by atoms with van der Waals surface area (Å²) in [4.78, 5) is 2.41. The van der Waals surface area contributed by atoms with Crippen molar-refractivity contribution in [3.63, 3.8) is 0 Å². The van der Waals surface area contributed by atoms with Gasteiger partial charge in [-0.05, 0) is 48.8 Å². The highest BCUT2D eigenvalue weighted by molar-refractivity contribution is 5.63. The number of anilines is 2. The van der Waals surface area contributed by atoms with Crippen LogP contribution in [0, 0.1) is 22.7 Å². The minimum atomic E-state index is 0.389. The SMILES string of the molecule is CC(C)(C)C1CCCN(c2ccc(C#N)c(N)c2)CC1. The van der Waals surface area contributed by atoms with Crippen LogP contribution >= 0.6 is 0 Å². The highest BCUT2D eigenvalue weighted by atomic mass is 15.1. The van der Waals surface area contributed by atoms with Gasteiger partial charge in [-0.2, -0.15) is 5.26 Å². The second kappa shape index (κ2) is 5.75. The van der Waals surface area contributed by atoms with Crippen molar-refractivity contribution >= 4 is 11.4 Å². The average Bonchev–Trinajstić information content (AvgIpc) is 2.63. The van der Waals surface area contributed by atoms with Gasteiger partial charge in [-0.3, -0.25) is 0 Å². The lowest BCUT2D eigenvalue weighted by atomic mass is 9.77. The van der Waals surface area contributed by atoms with Crippen LogP contribution in [-0.4, -0.2) is 13.1 Å². The lowest BCUT2D eigenvalue weighted by molar-refractivity contribution is 0.220. The van der Waals surface area contributed by atoms with E-state index in [0.717, 1.165) is 24.7 Å². The van der Waals surface area contributed by atoms with Crippen molar-refractivity contribution in [3.05, 3.63) is 23.8 Å². The quantitative estimate of drug-likeness (QED) is 0.791. The van der Waals surface area contributed by atoms with E-state index in [2.05, 4.69) is 31.7 Å². The maximum atomic E-state index is 8.95. The highest BCUT2D eigenvalue weighted by Crippen LogP contribution is 2.35. The number of benzene rings is 1. The first-order valence-electron chi connectivity index (χ1n) is 7.46. The van der Waals surface area contributed by atoms with Gasteiger partial charge in [-0.25, -0.2) is 0 Å². The van der Waals surface area contributed by atoms with Crippen LogP contribution in [0.1, 0.15) is 45.6 Å². The first-order chi connectivity index (χ1) is 9.41. The predicted molar refractivity (Wildman–Crippen MR) is 84.6 cm³/mol. The standard InChI is InChI=1S/C17H25N3/c1-17(2,3)14-5-4-9-20(10-8-14)15-7-6-13(12-18)16(19)11-15/h6-7,11,14H,4-5,8-10,19H2,1-3H3. The molecule has 3 heteroatoms. The van der Waals surface area contributed by atoms with E-state index < -0.39 is 0 Å². The predicted octanol–water partition coefficient (Wildman–Crippen LogP) is 3.79. The molecule has 1 saturated heterocycles. The van der Waals surface area contributed by atoms with Gasteiger partial charge >= 0.3 is 0 Å². The lowest BCUT2D eigenvalue weighted by Crippen LogP contribution is -2.26. The van der Waals surface area contributed by atoms with E-state index >= 15 is 0 Å². The Labute approximate surface area is 122 Å². The van der Waals surface area contributed by atoms with Crippen LogP contribution in [0.25, 0.3) is 0 Å². The van der Waals surface area contributed by atoms with Gasteiger partial charge in [-0.15, -0.1) is 0 Å². The van der Waals surface area contributed by atoms with Gasteiger partial charge in [0.15, 0.2) is 0 Å². The van der Waals surface area contributed by atoms with Gasteiger partial charge < -0.3 is 10.6 Å². The van der Waals surface area contributed by atoms with E-state index in [1.54, 1.807) is 0 Å². The van der Waals surface area contributed by atoms with Gasteiger partial charge in [0.2, 0.25) is 0 Å². The fourth-order valence-corrected chi connectivity index (χ4v) is 3.07. The molecule has 0 saturated carbocycles. The summed E-state index contributed by atoms with van der Waals surface area (Å²) >= 11 is 0. The smallest absolute Gasteiger partial charge is 0.101 e. The second-order valence-corrected chi connectivity index (χ2v) is 6.86. The van der Waals surface area contributed by atoms with Crippen molar-refractivity contribution in [2.24, 2.45) is 11.3 Å². The van der Waals surface area contributed by atoms with Crippen molar-refractivity contribution in [1.82, 2.24) is 0 Å². The van der Waals surface area contributed by atoms with Crippen LogP contribution in [0.5, 0.6) is 0 Å². The second-order valence-electron chi connectivity index (χ2n) is 6.86. The number of nitrogen functional groups attached to an aromatic ring is 1. The Hall–Kier alpha value is -1.69. The molecule has 2 rings (SSSR count). The Bertz CT molecular complexity index is 508. The normalized spacial score (nSPS) is 20.3. The number of hydrogen-bond donors (Lipinski definition) is 1. The van der Waals surface area contributed by atoms with Gasteiger partial charge in [0, 0.05) is 18.8 Å². The number of rotatable bonds is 1. The molecule has 1 aromatic carbocycles. The molecular formula is C17H25N3. The zero-order valence-corrected chi connectivity index (χ0v) is 12.8. The molecule has 1 unspecified atom stereocenters. The van der Waals surface area contributed by atoms with E-state index in [0.29, 0.717) is 16.7 Å². The Morgan fingerprint density at radius 2 is 2.00 bits per heavy atom.